The molecule has 1 heterocycles. The summed E-state index contributed by atoms with van der Waals surface area (Å²) < 4.78 is 0. The van der Waals surface area contributed by atoms with Crippen molar-refractivity contribution in [3.05, 3.63) is 59.2 Å². The van der Waals surface area contributed by atoms with Crippen molar-refractivity contribution in [2.75, 3.05) is 36.8 Å². The second-order valence-corrected chi connectivity index (χ2v) is 7.34. The average molecular weight is 353 g/mol. The van der Waals surface area contributed by atoms with Crippen LogP contribution in [0.1, 0.15) is 16.7 Å². The van der Waals surface area contributed by atoms with E-state index in [2.05, 4.69) is 21.9 Å². The maximum absolute atomic E-state index is 10.7. The van der Waals surface area contributed by atoms with E-state index in [9.17, 15) is 10.2 Å². The zero-order valence-electron chi connectivity index (χ0n) is 15.0. The normalized spacial score (nSPS) is 23.7. The van der Waals surface area contributed by atoms with Crippen molar-refractivity contribution >= 4 is 11.4 Å². The Morgan fingerprint density at radius 1 is 0.962 bits per heavy atom. The summed E-state index contributed by atoms with van der Waals surface area (Å²) in [7, 11) is 0. The van der Waals surface area contributed by atoms with Crippen LogP contribution in [0, 0.1) is 0 Å². The second-order valence-electron chi connectivity index (χ2n) is 7.34. The van der Waals surface area contributed by atoms with Crippen molar-refractivity contribution in [3.8, 4) is 0 Å². The fourth-order valence-corrected chi connectivity index (χ4v) is 4.42. The van der Waals surface area contributed by atoms with Crippen molar-refractivity contribution in [3.63, 3.8) is 0 Å². The van der Waals surface area contributed by atoms with E-state index >= 15 is 0 Å². The lowest BCUT2D eigenvalue weighted by atomic mass is 9.84. The Morgan fingerprint density at radius 2 is 1.73 bits per heavy atom. The third-order valence-electron chi connectivity index (χ3n) is 5.88. The Balaban J connectivity index is 1.46. The summed E-state index contributed by atoms with van der Waals surface area (Å²) in [5.74, 6) is 0. The van der Waals surface area contributed by atoms with Crippen LogP contribution in [0.2, 0.25) is 0 Å². The number of benzene rings is 2. The third kappa shape index (κ3) is 3.18. The van der Waals surface area contributed by atoms with Crippen LogP contribution in [0.15, 0.2) is 42.5 Å². The van der Waals surface area contributed by atoms with Gasteiger partial charge in [0.1, 0.15) is 0 Å². The number of piperazine rings is 1. The smallest absolute Gasteiger partial charge is 0.0739 e. The van der Waals surface area contributed by atoms with E-state index in [1.54, 1.807) is 0 Å². The van der Waals surface area contributed by atoms with Crippen LogP contribution in [0.25, 0.3) is 0 Å². The van der Waals surface area contributed by atoms with Gasteiger partial charge in [-0.25, -0.2) is 0 Å². The molecule has 2 aromatic rings. The minimum absolute atomic E-state index is 0.0633. The molecule has 1 aliphatic carbocycles. The molecule has 0 amide bonds. The maximum Gasteiger partial charge on any atom is 0.0739 e. The zero-order valence-corrected chi connectivity index (χ0v) is 15.0. The molecule has 2 aromatic carbocycles. The topological polar surface area (TPSA) is 73.0 Å². The van der Waals surface area contributed by atoms with Gasteiger partial charge in [-0.15, -0.1) is 0 Å². The van der Waals surface area contributed by atoms with Gasteiger partial charge in [-0.05, 0) is 29.7 Å². The van der Waals surface area contributed by atoms with Gasteiger partial charge in [0.05, 0.1) is 12.7 Å². The Labute approximate surface area is 154 Å². The minimum atomic E-state index is -0.347. The predicted octanol–water partition coefficient (Wildman–Crippen LogP) is 1.41. The molecule has 0 aromatic heterocycles. The van der Waals surface area contributed by atoms with Crippen LogP contribution in [0.3, 0.4) is 0 Å². The van der Waals surface area contributed by atoms with Gasteiger partial charge in [0.2, 0.25) is 0 Å². The van der Waals surface area contributed by atoms with Crippen LogP contribution in [0.4, 0.5) is 11.4 Å². The molecule has 4 rings (SSSR count). The number of hydrogen-bond donors (Lipinski definition) is 3. The molecule has 4 N–H and O–H groups in total. The van der Waals surface area contributed by atoms with Crippen LogP contribution >= 0.6 is 0 Å². The predicted molar refractivity (Wildman–Crippen MR) is 104 cm³/mol. The van der Waals surface area contributed by atoms with E-state index in [1.165, 1.54) is 11.1 Å². The highest BCUT2D eigenvalue weighted by Gasteiger charge is 2.34. The van der Waals surface area contributed by atoms with E-state index in [-0.39, 0.29) is 18.8 Å². The van der Waals surface area contributed by atoms with Gasteiger partial charge in [-0.3, -0.25) is 4.90 Å². The van der Waals surface area contributed by atoms with Gasteiger partial charge in [-0.2, -0.15) is 0 Å². The fourth-order valence-electron chi connectivity index (χ4n) is 4.42. The molecular formula is C21H27N3O2. The summed E-state index contributed by atoms with van der Waals surface area (Å²) in [6.45, 7) is 3.68. The summed E-state index contributed by atoms with van der Waals surface area (Å²) in [6.07, 6.45) is 1.15. The van der Waals surface area contributed by atoms with Crippen molar-refractivity contribution in [2.24, 2.45) is 0 Å². The van der Waals surface area contributed by atoms with Crippen molar-refractivity contribution in [1.29, 1.82) is 0 Å². The van der Waals surface area contributed by atoms with Gasteiger partial charge in [0, 0.05) is 55.6 Å². The zero-order chi connectivity index (χ0) is 18.1. The number of aliphatic hydroxyl groups excluding tert-OH is 2. The highest BCUT2D eigenvalue weighted by molar-refractivity contribution is 5.54. The van der Waals surface area contributed by atoms with E-state index in [0.717, 1.165) is 49.5 Å². The minimum Gasteiger partial charge on any atom is -0.398 e. The number of para-hydroxylation sites is 1. The number of hydrogen-bond acceptors (Lipinski definition) is 5. The Hall–Kier alpha value is -2.08. The number of fused-ring (bicyclic) bond motifs is 1. The Bertz CT molecular complexity index is 772. The van der Waals surface area contributed by atoms with Crippen molar-refractivity contribution in [2.45, 2.75) is 31.6 Å². The molecule has 2 unspecified atom stereocenters. The number of rotatable bonds is 3. The standard InChI is InChI=1S/C21H27N3O2/c22-18-6-3-5-15-12-21(26)20(13-17(15)18)24-10-8-23(9-11-24)19-7-2-1-4-16(19)14-25/h1-7,20-21,25-26H,8-14,22H2. The number of nitrogens with zero attached hydrogens (tertiary/aromatic N) is 2. The van der Waals surface area contributed by atoms with E-state index in [1.807, 2.05) is 30.3 Å². The van der Waals surface area contributed by atoms with E-state index in [4.69, 9.17) is 5.73 Å². The molecule has 2 atom stereocenters. The molecule has 138 valence electrons. The molecular weight excluding hydrogens is 326 g/mol. The lowest BCUT2D eigenvalue weighted by Crippen LogP contribution is -2.56. The largest absolute Gasteiger partial charge is 0.398 e. The molecule has 0 spiro atoms. The summed E-state index contributed by atoms with van der Waals surface area (Å²) in [4.78, 5) is 4.73. The SMILES string of the molecule is Nc1cccc2c1CC(N1CCN(c3ccccc3CO)CC1)C(O)C2. The van der Waals surface area contributed by atoms with Gasteiger partial charge < -0.3 is 20.8 Å². The molecule has 1 fully saturated rings. The van der Waals surface area contributed by atoms with Crippen LogP contribution < -0.4 is 10.6 Å². The molecule has 0 radical (unpaired) electrons. The molecule has 0 bridgehead atoms. The highest BCUT2D eigenvalue weighted by Crippen LogP contribution is 2.30. The highest BCUT2D eigenvalue weighted by atomic mass is 16.3. The first-order chi connectivity index (χ1) is 12.7. The Kier molecular flexibility index (Phi) is 4.85. The molecule has 0 saturated carbocycles. The van der Waals surface area contributed by atoms with Crippen LogP contribution in [-0.4, -0.2) is 53.4 Å². The summed E-state index contributed by atoms with van der Waals surface area (Å²) in [5, 5.41) is 20.3. The van der Waals surface area contributed by atoms with E-state index < -0.39 is 0 Å². The maximum atomic E-state index is 10.7. The lowest BCUT2D eigenvalue weighted by Gasteiger charge is -2.44. The first-order valence-electron chi connectivity index (χ1n) is 9.39. The third-order valence-corrected chi connectivity index (χ3v) is 5.88. The number of anilines is 2. The number of aliphatic hydroxyl groups is 2. The first-order valence-corrected chi connectivity index (χ1v) is 9.39. The number of nitrogen functional groups attached to an aromatic ring is 1. The second kappa shape index (κ2) is 7.27. The monoisotopic (exact) mass is 353 g/mol. The number of nitrogens with two attached hydrogens (primary N) is 1. The van der Waals surface area contributed by atoms with Gasteiger partial charge in [0.15, 0.2) is 0 Å². The fraction of sp³-hybridized carbons (Fsp3) is 0.429. The average Bonchev–Trinajstić information content (AvgIpc) is 2.68. The quantitative estimate of drug-likeness (QED) is 0.728. The molecule has 5 nitrogen and oxygen atoms in total. The lowest BCUT2D eigenvalue weighted by molar-refractivity contribution is 0.0396. The van der Waals surface area contributed by atoms with Crippen LogP contribution in [-0.2, 0) is 19.4 Å². The summed E-state index contributed by atoms with van der Waals surface area (Å²) in [5.41, 5.74) is 11.5. The van der Waals surface area contributed by atoms with E-state index in [0.29, 0.717) is 6.42 Å². The van der Waals surface area contributed by atoms with Crippen LogP contribution in [0.5, 0.6) is 0 Å². The summed E-state index contributed by atoms with van der Waals surface area (Å²) >= 11 is 0. The van der Waals surface area contributed by atoms with Crippen molar-refractivity contribution in [1.82, 2.24) is 4.90 Å². The summed E-state index contributed by atoms with van der Waals surface area (Å²) in [6, 6.07) is 14.2. The molecule has 1 saturated heterocycles. The molecule has 2 aliphatic rings. The van der Waals surface area contributed by atoms with Gasteiger partial charge in [-0.1, -0.05) is 30.3 Å². The van der Waals surface area contributed by atoms with Gasteiger partial charge >= 0.3 is 0 Å². The van der Waals surface area contributed by atoms with Gasteiger partial charge in [0.25, 0.3) is 0 Å². The molecule has 1 aliphatic heterocycles. The van der Waals surface area contributed by atoms with Crippen molar-refractivity contribution < 1.29 is 10.2 Å². The molecule has 26 heavy (non-hydrogen) atoms. The Morgan fingerprint density at radius 3 is 2.50 bits per heavy atom. The first kappa shape index (κ1) is 17.3. The molecule has 5 heteroatoms.